The molecule has 1 saturated heterocycles. The Balaban J connectivity index is 1.31. The van der Waals surface area contributed by atoms with Gasteiger partial charge in [0.1, 0.15) is 17.7 Å². The van der Waals surface area contributed by atoms with Gasteiger partial charge >= 0.3 is 18.4 Å². The largest absolute Gasteiger partial charge is 0.430 e. The van der Waals surface area contributed by atoms with E-state index in [-0.39, 0.29) is 42.3 Å². The second-order valence-corrected chi connectivity index (χ2v) is 9.79. The number of carbonyl (C=O) groups is 2. The molecule has 44 heavy (non-hydrogen) atoms. The molecule has 1 aliphatic heterocycles. The smallest absolute Gasteiger partial charge is 0.369 e. The van der Waals surface area contributed by atoms with E-state index in [2.05, 4.69) is 15.6 Å². The number of anilines is 2. The topological polar surface area (TPSA) is 122 Å². The fourth-order valence-electron chi connectivity index (χ4n) is 4.44. The zero-order valence-corrected chi connectivity index (χ0v) is 22.5. The average Bonchev–Trinajstić information content (AvgIpc) is 2.97. The highest BCUT2D eigenvalue weighted by Gasteiger charge is 2.71. The van der Waals surface area contributed by atoms with Crippen molar-refractivity contribution in [2.45, 2.75) is 24.5 Å². The number of nitriles is 1. The monoisotopic (exact) mass is 624 g/mol. The van der Waals surface area contributed by atoms with Gasteiger partial charge in [0.25, 0.3) is 11.5 Å². The highest BCUT2D eigenvalue weighted by Crippen LogP contribution is 2.50. The van der Waals surface area contributed by atoms with E-state index in [1.807, 2.05) is 11.0 Å². The Kier molecular flexibility index (Phi) is 9.11. The fourth-order valence-corrected chi connectivity index (χ4v) is 4.44. The maximum atomic E-state index is 14.7. The number of nitrogens with zero attached hydrogens (tertiary/aromatic N) is 4. The number of alkyl halides is 6. The fraction of sp³-hybridized carbons (Fsp3) is 0.286. The van der Waals surface area contributed by atoms with Crippen LogP contribution < -0.4 is 10.6 Å². The molecule has 3 amide bonds. The number of benzene rings is 2. The molecule has 0 spiro atoms. The Morgan fingerprint density at radius 1 is 0.909 bits per heavy atom. The Labute approximate surface area is 245 Å². The number of pyridine rings is 1. The lowest BCUT2D eigenvalue weighted by molar-refractivity contribution is -0.376. The van der Waals surface area contributed by atoms with Crippen LogP contribution in [0, 0.1) is 17.1 Å². The van der Waals surface area contributed by atoms with E-state index >= 15 is 0 Å². The molecule has 4 rings (SSSR count). The van der Waals surface area contributed by atoms with Crippen LogP contribution in [0.1, 0.15) is 27.0 Å². The second kappa shape index (κ2) is 12.5. The third kappa shape index (κ3) is 6.90. The highest BCUT2D eigenvalue weighted by molar-refractivity contribution is 6.00. The van der Waals surface area contributed by atoms with Gasteiger partial charge in [0.2, 0.25) is 0 Å². The van der Waals surface area contributed by atoms with E-state index < -0.39 is 41.3 Å². The van der Waals surface area contributed by atoms with Crippen LogP contribution in [0.2, 0.25) is 0 Å². The predicted octanol–water partition coefficient (Wildman–Crippen LogP) is 5.01. The highest BCUT2D eigenvalue weighted by atomic mass is 19.4. The number of carbonyl (C=O) groups excluding carboxylic acids is 2. The first-order valence-electron chi connectivity index (χ1n) is 12.8. The zero-order valence-electron chi connectivity index (χ0n) is 22.5. The number of piperazine rings is 1. The second-order valence-electron chi connectivity index (χ2n) is 9.79. The molecule has 0 atom stereocenters. The van der Waals surface area contributed by atoms with Gasteiger partial charge in [0, 0.05) is 50.0 Å². The summed E-state index contributed by atoms with van der Waals surface area (Å²) in [6.07, 6.45) is -10.7. The maximum Gasteiger partial charge on any atom is 0.430 e. The molecular formula is C28H23F7N6O3. The Morgan fingerprint density at radius 3 is 2.07 bits per heavy atom. The minimum atomic E-state index is -5.98. The molecule has 232 valence electrons. The molecule has 0 bridgehead atoms. The number of hydrogen-bond acceptors (Lipinski definition) is 6. The molecule has 0 aliphatic carbocycles. The molecule has 2 heterocycles. The molecule has 3 N–H and O–H groups in total. The van der Waals surface area contributed by atoms with Crippen LogP contribution in [0.15, 0.2) is 60.8 Å². The van der Waals surface area contributed by atoms with Crippen molar-refractivity contribution < 1.29 is 45.4 Å². The number of hydrogen-bond donors (Lipinski definition) is 3. The third-order valence-corrected chi connectivity index (χ3v) is 6.86. The van der Waals surface area contributed by atoms with Crippen LogP contribution in [0.5, 0.6) is 0 Å². The van der Waals surface area contributed by atoms with E-state index in [0.29, 0.717) is 30.8 Å². The van der Waals surface area contributed by atoms with E-state index in [0.717, 1.165) is 18.2 Å². The molecule has 2 aromatic carbocycles. The molecular weight excluding hydrogens is 601 g/mol. The van der Waals surface area contributed by atoms with Crippen LogP contribution in [-0.2, 0) is 12.1 Å². The van der Waals surface area contributed by atoms with Crippen LogP contribution in [-0.4, -0.2) is 70.4 Å². The lowest BCUT2D eigenvalue weighted by atomic mass is 9.91. The normalized spacial score (nSPS) is 14.6. The Hall–Kier alpha value is -4.75. The zero-order chi connectivity index (χ0) is 32.3. The van der Waals surface area contributed by atoms with Crippen molar-refractivity contribution in [2.24, 2.45) is 0 Å². The van der Waals surface area contributed by atoms with Gasteiger partial charge in [-0.25, -0.2) is 14.2 Å². The number of amides is 3. The predicted molar refractivity (Wildman–Crippen MR) is 142 cm³/mol. The molecule has 1 aliphatic rings. The van der Waals surface area contributed by atoms with Crippen LogP contribution >= 0.6 is 0 Å². The van der Waals surface area contributed by atoms with E-state index in [9.17, 15) is 45.4 Å². The van der Waals surface area contributed by atoms with Crippen molar-refractivity contribution in [1.29, 1.82) is 5.26 Å². The van der Waals surface area contributed by atoms with E-state index in [1.54, 1.807) is 0 Å². The molecule has 9 nitrogen and oxygen atoms in total. The summed E-state index contributed by atoms with van der Waals surface area (Å²) in [5.41, 5.74) is -5.86. The lowest BCUT2D eigenvalue weighted by Crippen LogP contribution is -2.53. The van der Waals surface area contributed by atoms with E-state index in [4.69, 9.17) is 5.26 Å². The Morgan fingerprint density at radius 2 is 1.55 bits per heavy atom. The van der Waals surface area contributed by atoms with Gasteiger partial charge < -0.3 is 15.3 Å². The summed E-state index contributed by atoms with van der Waals surface area (Å²) in [6, 6.07) is 10.7. The van der Waals surface area contributed by atoms with Crippen molar-refractivity contribution >= 4 is 23.4 Å². The van der Waals surface area contributed by atoms with Gasteiger partial charge in [-0.15, -0.1) is 0 Å². The molecule has 1 fully saturated rings. The Bertz CT molecular complexity index is 1530. The lowest BCUT2D eigenvalue weighted by Gasteiger charge is -2.35. The van der Waals surface area contributed by atoms with Crippen LogP contribution in [0.3, 0.4) is 0 Å². The van der Waals surface area contributed by atoms with Crippen molar-refractivity contribution in [3.05, 3.63) is 88.9 Å². The first-order valence-corrected chi connectivity index (χ1v) is 12.8. The molecule has 0 saturated carbocycles. The SMILES string of the molecule is N#Cc1ccc(NC(=O)Nc2ccc(C(=O)N3CCN(Cc4ccc(C(O)(C(F)(F)F)C(F)(F)F)cc4)CC3)cc2F)nc1. The van der Waals surface area contributed by atoms with Crippen molar-refractivity contribution in [3.8, 4) is 6.07 Å². The standard InChI is InChI=1S/C28H23F7N6O3/c29-21-13-19(4-7-22(21)38-25(43)39-23-8-3-18(14-36)15-37-23)24(42)41-11-9-40(10-12-41)16-17-1-5-20(6-2-17)26(44,27(30,31)32)28(33,34)35/h1-8,13,15,44H,9-12,16H2,(H2,37,38,39,43). The van der Waals surface area contributed by atoms with Gasteiger partial charge in [-0.3, -0.25) is 15.0 Å². The molecule has 16 heteroatoms. The minimum absolute atomic E-state index is 0.0214. The quantitative estimate of drug-likeness (QED) is 0.332. The number of rotatable bonds is 6. The first kappa shape index (κ1) is 32.2. The van der Waals surface area contributed by atoms with E-state index in [1.165, 1.54) is 35.4 Å². The van der Waals surface area contributed by atoms with Crippen molar-refractivity contribution in [2.75, 3.05) is 36.8 Å². The summed E-state index contributed by atoms with van der Waals surface area (Å²) in [4.78, 5) is 32.3. The minimum Gasteiger partial charge on any atom is -0.369 e. The number of nitrogens with one attached hydrogen (secondary N) is 2. The number of aliphatic hydroxyl groups is 1. The summed E-state index contributed by atoms with van der Waals surface area (Å²) < 4.78 is 93.4. The van der Waals surface area contributed by atoms with Crippen LogP contribution in [0.25, 0.3) is 0 Å². The van der Waals surface area contributed by atoms with Gasteiger partial charge in [0.05, 0.1) is 11.3 Å². The summed E-state index contributed by atoms with van der Waals surface area (Å²) in [5, 5.41) is 23.0. The van der Waals surface area contributed by atoms with Gasteiger partial charge in [-0.05, 0) is 35.9 Å². The molecule has 1 aromatic heterocycles. The average molecular weight is 625 g/mol. The summed E-state index contributed by atoms with van der Waals surface area (Å²) >= 11 is 0. The van der Waals surface area contributed by atoms with Crippen molar-refractivity contribution in [3.63, 3.8) is 0 Å². The maximum absolute atomic E-state index is 14.7. The molecule has 0 radical (unpaired) electrons. The van der Waals surface area contributed by atoms with Crippen molar-refractivity contribution in [1.82, 2.24) is 14.8 Å². The molecule has 3 aromatic rings. The number of aromatic nitrogens is 1. The number of halogens is 7. The van der Waals surface area contributed by atoms with Gasteiger partial charge in [-0.1, -0.05) is 24.3 Å². The van der Waals surface area contributed by atoms with Crippen LogP contribution in [0.4, 0.5) is 47.0 Å². The summed E-state index contributed by atoms with van der Waals surface area (Å²) in [7, 11) is 0. The number of urea groups is 1. The summed E-state index contributed by atoms with van der Waals surface area (Å²) in [5.74, 6) is -1.23. The first-order chi connectivity index (χ1) is 20.6. The summed E-state index contributed by atoms with van der Waals surface area (Å²) in [6.45, 7) is 1.21. The van der Waals surface area contributed by atoms with Gasteiger partial charge in [-0.2, -0.15) is 31.6 Å². The van der Waals surface area contributed by atoms with Gasteiger partial charge in [0.15, 0.2) is 0 Å². The third-order valence-electron chi connectivity index (χ3n) is 6.86. The molecule has 0 unspecified atom stereocenters.